The molecule has 278 valence electrons. The molecule has 0 heterocycles. The average molecular weight is 701 g/mol. The molecule has 10 nitrogen and oxygen atoms in total. The summed E-state index contributed by atoms with van der Waals surface area (Å²) in [6, 6.07) is 0. The van der Waals surface area contributed by atoms with E-state index in [1.165, 1.54) is 32.1 Å². The number of phosphoric acid groups is 1. The van der Waals surface area contributed by atoms with Crippen LogP contribution in [0.3, 0.4) is 0 Å². The van der Waals surface area contributed by atoms with Gasteiger partial charge in [0.05, 0.1) is 18.8 Å². The molecule has 0 aromatic heterocycles. The number of carbonyl (C=O) groups is 2. The zero-order valence-corrected chi connectivity index (χ0v) is 30.5. The Kier molecular flexibility index (Phi) is 30.8. The summed E-state index contributed by atoms with van der Waals surface area (Å²) in [7, 11) is -4.83. The predicted molar refractivity (Wildman–Crippen MR) is 191 cm³/mol. The molecule has 0 amide bonds. The Bertz CT molecular complexity index is 956. The van der Waals surface area contributed by atoms with E-state index in [2.05, 4.69) is 54.8 Å². The van der Waals surface area contributed by atoms with Gasteiger partial charge in [0.25, 0.3) is 0 Å². The smallest absolute Gasteiger partial charge is 0.462 e. The van der Waals surface area contributed by atoms with E-state index in [1.807, 2.05) is 12.2 Å². The highest BCUT2D eigenvalue weighted by Crippen LogP contribution is 2.36. The maximum atomic E-state index is 12.4. The van der Waals surface area contributed by atoms with E-state index in [-0.39, 0.29) is 32.1 Å². The number of unbranched alkanes of at least 4 members (excludes halogenated alkanes) is 10. The topological polar surface area (TPSA) is 160 Å². The summed E-state index contributed by atoms with van der Waals surface area (Å²) in [5, 5.41) is 20.5. The molecule has 0 aliphatic rings. The highest BCUT2D eigenvalue weighted by Gasteiger charge is 2.23. The third kappa shape index (κ3) is 32.5. The van der Waals surface area contributed by atoms with Gasteiger partial charge in [-0.15, -0.1) is 0 Å². The van der Waals surface area contributed by atoms with E-state index in [0.29, 0.717) is 6.42 Å². The largest absolute Gasteiger partial charge is 0.469 e. The molecular formula is C37H65O10P. The van der Waals surface area contributed by atoms with Crippen LogP contribution in [0.5, 0.6) is 0 Å². The predicted octanol–water partition coefficient (Wildman–Crippen LogP) is 8.34. The van der Waals surface area contributed by atoms with Gasteiger partial charge in [0.15, 0.2) is 6.10 Å². The van der Waals surface area contributed by atoms with Crippen molar-refractivity contribution in [3.8, 4) is 0 Å². The molecule has 3 atom stereocenters. The van der Waals surface area contributed by atoms with Crippen LogP contribution in [0, 0.1) is 0 Å². The molecule has 0 rings (SSSR count). The molecule has 2 unspecified atom stereocenters. The van der Waals surface area contributed by atoms with Gasteiger partial charge in [0, 0.05) is 12.8 Å². The van der Waals surface area contributed by atoms with E-state index in [0.717, 1.165) is 57.8 Å². The fourth-order valence-corrected chi connectivity index (χ4v) is 4.99. The maximum Gasteiger partial charge on any atom is 0.469 e. The summed E-state index contributed by atoms with van der Waals surface area (Å²) < 4.78 is 26.1. The Labute approximate surface area is 290 Å². The molecule has 0 spiro atoms. The van der Waals surface area contributed by atoms with Gasteiger partial charge in [-0.1, -0.05) is 107 Å². The first-order valence-corrected chi connectivity index (χ1v) is 19.6. The molecule has 0 aliphatic carbocycles. The van der Waals surface area contributed by atoms with Crippen LogP contribution in [0.4, 0.5) is 0 Å². The number of hydrogen-bond acceptors (Lipinski definition) is 8. The number of esters is 2. The molecular weight excluding hydrogens is 635 g/mol. The van der Waals surface area contributed by atoms with Gasteiger partial charge in [-0.25, -0.2) is 4.57 Å². The SMILES string of the molecule is CCCC/C=C\CCCCCCCC(=O)OC[C@H](COP(=O)(O)O)OC(=O)CCCC(O)C(O)C/C=C\C/C=C\C/C=C\CCCCC. The number of carbonyl (C=O) groups excluding carboxylic acids is 2. The molecule has 0 saturated carbocycles. The molecule has 0 aliphatic heterocycles. The lowest BCUT2D eigenvalue weighted by molar-refractivity contribution is -0.161. The van der Waals surface area contributed by atoms with Crippen molar-refractivity contribution in [1.29, 1.82) is 0 Å². The van der Waals surface area contributed by atoms with Crippen LogP contribution in [0.15, 0.2) is 48.6 Å². The normalized spacial score (nSPS) is 14.4. The number of aliphatic hydroxyl groups is 2. The Hall–Kier alpha value is -2.07. The van der Waals surface area contributed by atoms with Crippen molar-refractivity contribution in [2.45, 2.75) is 161 Å². The van der Waals surface area contributed by atoms with E-state index >= 15 is 0 Å². The number of hydrogen-bond donors (Lipinski definition) is 4. The lowest BCUT2D eigenvalue weighted by Gasteiger charge is -2.19. The second-order valence-electron chi connectivity index (χ2n) is 12.1. The Morgan fingerprint density at radius 3 is 1.83 bits per heavy atom. The summed E-state index contributed by atoms with van der Waals surface area (Å²) in [5.74, 6) is -1.19. The van der Waals surface area contributed by atoms with Crippen LogP contribution >= 0.6 is 7.82 Å². The van der Waals surface area contributed by atoms with Crippen molar-refractivity contribution in [2.75, 3.05) is 13.2 Å². The van der Waals surface area contributed by atoms with E-state index in [1.54, 1.807) is 0 Å². The third-order valence-corrected chi connectivity index (χ3v) is 8.01. The maximum absolute atomic E-state index is 12.4. The highest BCUT2D eigenvalue weighted by molar-refractivity contribution is 7.46. The molecule has 0 radical (unpaired) electrons. The van der Waals surface area contributed by atoms with Crippen LogP contribution in [0.1, 0.15) is 142 Å². The standard InChI is InChI=1S/C37H65O10P/c1-3-5-7-9-11-13-15-17-18-20-22-24-27-34(38)35(39)28-26-30-37(41)47-33(32-46-48(42,43)44)31-45-36(40)29-25-23-21-19-16-14-12-10-8-6-4-2/h10-13,17-18,22,24,33-35,38-39H,3-9,14-16,19-21,23,25-32H2,1-2H3,(H2,42,43,44)/b12-10-,13-11-,18-17-,24-22-/t33-,34?,35?/m1/s1. The molecule has 0 aromatic carbocycles. The first-order valence-electron chi connectivity index (χ1n) is 18.1. The highest BCUT2D eigenvalue weighted by atomic mass is 31.2. The minimum Gasteiger partial charge on any atom is -0.462 e. The minimum atomic E-state index is -4.83. The lowest BCUT2D eigenvalue weighted by Crippen LogP contribution is -2.30. The third-order valence-electron chi connectivity index (χ3n) is 7.52. The van der Waals surface area contributed by atoms with Crippen molar-refractivity contribution in [1.82, 2.24) is 0 Å². The minimum absolute atomic E-state index is 0.105. The van der Waals surface area contributed by atoms with Gasteiger partial charge in [0.1, 0.15) is 6.61 Å². The van der Waals surface area contributed by atoms with Crippen LogP contribution in [-0.4, -0.2) is 63.5 Å². The first-order chi connectivity index (χ1) is 23.1. The average Bonchev–Trinajstić information content (AvgIpc) is 3.04. The van der Waals surface area contributed by atoms with Crippen LogP contribution < -0.4 is 0 Å². The van der Waals surface area contributed by atoms with E-state index in [9.17, 15) is 24.4 Å². The Morgan fingerprint density at radius 1 is 0.625 bits per heavy atom. The number of allylic oxidation sites excluding steroid dienone is 7. The van der Waals surface area contributed by atoms with Gasteiger partial charge >= 0.3 is 19.8 Å². The molecule has 0 bridgehead atoms. The molecule has 0 aromatic rings. The summed E-state index contributed by atoms with van der Waals surface area (Å²) in [6.07, 6.45) is 30.1. The fourth-order valence-electron chi connectivity index (χ4n) is 4.63. The van der Waals surface area contributed by atoms with Crippen molar-refractivity contribution in [3.05, 3.63) is 48.6 Å². The molecule has 0 saturated heterocycles. The van der Waals surface area contributed by atoms with E-state index in [4.69, 9.17) is 19.3 Å². The van der Waals surface area contributed by atoms with Crippen molar-refractivity contribution >= 4 is 19.8 Å². The second-order valence-corrected chi connectivity index (χ2v) is 13.4. The quantitative estimate of drug-likeness (QED) is 0.0232. The Morgan fingerprint density at radius 2 is 1.17 bits per heavy atom. The van der Waals surface area contributed by atoms with Gasteiger partial charge < -0.3 is 29.5 Å². The van der Waals surface area contributed by atoms with Crippen LogP contribution in [0.2, 0.25) is 0 Å². The second kappa shape index (κ2) is 32.2. The summed E-state index contributed by atoms with van der Waals surface area (Å²) in [4.78, 5) is 42.6. The van der Waals surface area contributed by atoms with Gasteiger partial charge in [0.2, 0.25) is 0 Å². The fraction of sp³-hybridized carbons (Fsp3) is 0.730. The zero-order chi connectivity index (χ0) is 35.7. The zero-order valence-electron chi connectivity index (χ0n) is 29.6. The van der Waals surface area contributed by atoms with Crippen LogP contribution in [-0.2, 0) is 28.2 Å². The number of ether oxygens (including phenoxy) is 2. The number of aliphatic hydroxyl groups excluding tert-OH is 2. The van der Waals surface area contributed by atoms with Crippen LogP contribution in [0.25, 0.3) is 0 Å². The number of rotatable bonds is 32. The molecule has 0 fully saturated rings. The summed E-state index contributed by atoms with van der Waals surface area (Å²) in [5.41, 5.74) is 0. The summed E-state index contributed by atoms with van der Waals surface area (Å²) in [6.45, 7) is 3.33. The van der Waals surface area contributed by atoms with Crippen molar-refractivity contribution in [3.63, 3.8) is 0 Å². The molecule has 48 heavy (non-hydrogen) atoms. The van der Waals surface area contributed by atoms with Crippen molar-refractivity contribution < 1.29 is 48.2 Å². The summed E-state index contributed by atoms with van der Waals surface area (Å²) >= 11 is 0. The van der Waals surface area contributed by atoms with Crippen molar-refractivity contribution in [2.24, 2.45) is 0 Å². The monoisotopic (exact) mass is 700 g/mol. The number of phosphoric ester groups is 1. The van der Waals surface area contributed by atoms with Gasteiger partial charge in [-0.3, -0.25) is 14.1 Å². The van der Waals surface area contributed by atoms with Gasteiger partial charge in [-0.05, 0) is 70.6 Å². The lowest BCUT2D eigenvalue weighted by atomic mass is 10.0. The molecule has 4 N–H and O–H groups in total. The molecule has 11 heteroatoms. The Balaban J connectivity index is 4.29. The first kappa shape index (κ1) is 45.9. The van der Waals surface area contributed by atoms with E-state index < -0.39 is 51.3 Å². The van der Waals surface area contributed by atoms with Gasteiger partial charge in [-0.2, -0.15) is 0 Å².